The number of carbonyl (C=O) groups excluding carboxylic acids is 1. The summed E-state index contributed by atoms with van der Waals surface area (Å²) in [5, 5.41) is 0. The second kappa shape index (κ2) is 4.51. The molecule has 0 N–H and O–H groups in total. The summed E-state index contributed by atoms with van der Waals surface area (Å²) in [4.78, 5) is 13.4. The molecular weight excluding hydrogens is 209 g/mol. The van der Waals surface area contributed by atoms with Crippen molar-refractivity contribution in [3.63, 3.8) is 0 Å². The monoisotopic (exact) mass is 223 g/mol. The van der Waals surface area contributed by atoms with Crippen molar-refractivity contribution >= 4 is 11.7 Å². The van der Waals surface area contributed by atoms with E-state index in [0.717, 1.165) is 18.7 Å². The molecule has 0 aromatic heterocycles. The molecule has 1 aromatic rings. The topological polar surface area (TPSA) is 29.5 Å². The maximum absolute atomic E-state index is 12.7. The second-order valence-electron chi connectivity index (χ2n) is 3.93. The summed E-state index contributed by atoms with van der Waals surface area (Å²) < 4.78 is 17.5. The van der Waals surface area contributed by atoms with E-state index in [1.54, 1.807) is 12.1 Å². The normalized spacial score (nSPS) is 19.9. The number of methoxy groups -OCH3 is 1. The molecule has 0 saturated carbocycles. The van der Waals surface area contributed by atoms with E-state index in [1.807, 2.05) is 0 Å². The summed E-state index contributed by atoms with van der Waals surface area (Å²) in [6.45, 7) is 1.46. The molecule has 1 atom stereocenters. The summed E-state index contributed by atoms with van der Waals surface area (Å²) in [6.07, 6.45) is 0.796. The van der Waals surface area contributed by atoms with Gasteiger partial charge in [0.25, 0.3) is 0 Å². The van der Waals surface area contributed by atoms with E-state index >= 15 is 0 Å². The molecule has 3 nitrogen and oxygen atoms in total. The highest BCUT2D eigenvalue weighted by molar-refractivity contribution is 5.74. The van der Waals surface area contributed by atoms with Crippen molar-refractivity contribution in [3.8, 4) is 0 Å². The summed E-state index contributed by atoms with van der Waals surface area (Å²) in [5.41, 5.74) is 0.952. The number of halogens is 1. The van der Waals surface area contributed by atoms with Crippen LogP contribution in [0.5, 0.6) is 0 Å². The van der Waals surface area contributed by atoms with Crippen LogP contribution in [-0.4, -0.2) is 26.2 Å². The predicted octanol–water partition coefficient (Wildman–Crippen LogP) is 1.82. The maximum Gasteiger partial charge on any atom is 0.310 e. The zero-order chi connectivity index (χ0) is 11.5. The van der Waals surface area contributed by atoms with E-state index in [2.05, 4.69) is 4.90 Å². The summed E-state index contributed by atoms with van der Waals surface area (Å²) in [6, 6.07) is 6.32. The highest BCUT2D eigenvalue weighted by Crippen LogP contribution is 2.24. The Bertz CT molecular complexity index is 377. The lowest BCUT2D eigenvalue weighted by molar-refractivity contribution is -0.144. The molecule has 0 aliphatic carbocycles. The molecule has 1 saturated heterocycles. The van der Waals surface area contributed by atoms with Gasteiger partial charge in [-0.25, -0.2) is 4.39 Å². The minimum absolute atomic E-state index is 0.0601. The molecule has 0 amide bonds. The van der Waals surface area contributed by atoms with Crippen molar-refractivity contribution in [2.45, 2.75) is 6.42 Å². The van der Waals surface area contributed by atoms with E-state index in [0.29, 0.717) is 6.54 Å². The van der Waals surface area contributed by atoms with Gasteiger partial charge in [0.05, 0.1) is 13.0 Å². The lowest BCUT2D eigenvalue weighted by Crippen LogP contribution is -2.23. The van der Waals surface area contributed by atoms with Crippen LogP contribution in [-0.2, 0) is 9.53 Å². The lowest BCUT2D eigenvalue weighted by atomic mass is 10.1. The molecule has 86 valence electrons. The largest absolute Gasteiger partial charge is 0.469 e. The third-order valence-corrected chi connectivity index (χ3v) is 2.91. The minimum atomic E-state index is -0.243. The molecule has 2 rings (SSSR count). The summed E-state index contributed by atoms with van der Waals surface area (Å²) >= 11 is 0. The van der Waals surface area contributed by atoms with Crippen LogP contribution in [0.15, 0.2) is 24.3 Å². The SMILES string of the molecule is COC(=O)C1CCN(c2ccc(F)cc2)C1. The van der Waals surface area contributed by atoms with Crippen molar-refractivity contribution in [1.82, 2.24) is 0 Å². The third-order valence-electron chi connectivity index (χ3n) is 2.91. The van der Waals surface area contributed by atoms with Gasteiger partial charge in [0.2, 0.25) is 0 Å². The number of benzene rings is 1. The van der Waals surface area contributed by atoms with Gasteiger partial charge in [-0.1, -0.05) is 0 Å². The molecule has 1 heterocycles. The van der Waals surface area contributed by atoms with E-state index in [4.69, 9.17) is 4.74 Å². The Hall–Kier alpha value is -1.58. The molecule has 1 aliphatic rings. The number of hydrogen-bond donors (Lipinski definition) is 0. The van der Waals surface area contributed by atoms with Crippen molar-refractivity contribution in [2.24, 2.45) is 5.92 Å². The van der Waals surface area contributed by atoms with E-state index in [9.17, 15) is 9.18 Å². The number of rotatable bonds is 2. The average molecular weight is 223 g/mol. The van der Waals surface area contributed by atoms with Gasteiger partial charge in [0.15, 0.2) is 0 Å². The maximum atomic E-state index is 12.7. The number of anilines is 1. The number of ether oxygens (including phenoxy) is 1. The van der Waals surface area contributed by atoms with Gasteiger partial charge in [0.1, 0.15) is 5.82 Å². The predicted molar refractivity (Wildman–Crippen MR) is 58.7 cm³/mol. The van der Waals surface area contributed by atoms with Gasteiger partial charge in [-0.05, 0) is 30.7 Å². The highest BCUT2D eigenvalue weighted by Gasteiger charge is 2.28. The number of esters is 1. The second-order valence-corrected chi connectivity index (χ2v) is 3.93. The number of nitrogens with zero attached hydrogens (tertiary/aromatic N) is 1. The number of carbonyl (C=O) groups is 1. The van der Waals surface area contributed by atoms with Crippen LogP contribution in [0.3, 0.4) is 0 Å². The molecule has 1 fully saturated rings. The molecular formula is C12H14FNO2. The summed E-state index contributed by atoms with van der Waals surface area (Å²) in [7, 11) is 1.41. The van der Waals surface area contributed by atoms with Crippen LogP contribution in [0, 0.1) is 11.7 Å². The Labute approximate surface area is 93.8 Å². The first-order valence-corrected chi connectivity index (χ1v) is 5.29. The highest BCUT2D eigenvalue weighted by atomic mass is 19.1. The smallest absolute Gasteiger partial charge is 0.310 e. The third kappa shape index (κ3) is 2.15. The Balaban J connectivity index is 2.03. The first kappa shape index (κ1) is 10.9. The van der Waals surface area contributed by atoms with Crippen LogP contribution in [0.1, 0.15) is 6.42 Å². The van der Waals surface area contributed by atoms with Crippen LogP contribution < -0.4 is 4.90 Å². The van der Waals surface area contributed by atoms with Gasteiger partial charge in [-0.3, -0.25) is 4.79 Å². The molecule has 1 unspecified atom stereocenters. The van der Waals surface area contributed by atoms with Crippen molar-refractivity contribution < 1.29 is 13.9 Å². The molecule has 1 aliphatic heterocycles. The molecule has 1 aromatic carbocycles. The van der Waals surface area contributed by atoms with Crippen LogP contribution in [0.25, 0.3) is 0 Å². The molecule has 4 heteroatoms. The standard InChI is InChI=1S/C12H14FNO2/c1-16-12(15)9-6-7-14(8-9)11-4-2-10(13)3-5-11/h2-5,9H,6-8H2,1H3. The molecule has 0 bridgehead atoms. The van der Waals surface area contributed by atoms with Crippen LogP contribution >= 0.6 is 0 Å². The van der Waals surface area contributed by atoms with E-state index in [1.165, 1.54) is 19.2 Å². The van der Waals surface area contributed by atoms with Gasteiger partial charge in [-0.15, -0.1) is 0 Å². The fourth-order valence-corrected chi connectivity index (χ4v) is 2.01. The van der Waals surface area contributed by atoms with E-state index in [-0.39, 0.29) is 17.7 Å². The Morgan fingerprint density at radius 3 is 2.75 bits per heavy atom. The number of hydrogen-bond acceptors (Lipinski definition) is 3. The molecule has 16 heavy (non-hydrogen) atoms. The fourth-order valence-electron chi connectivity index (χ4n) is 2.01. The first-order chi connectivity index (χ1) is 7.70. The Morgan fingerprint density at radius 1 is 1.44 bits per heavy atom. The zero-order valence-electron chi connectivity index (χ0n) is 9.15. The first-order valence-electron chi connectivity index (χ1n) is 5.29. The van der Waals surface area contributed by atoms with Crippen molar-refractivity contribution in [2.75, 3.05) is 25.1 Å². The molecule has 0 radical (unpaired) electrons. The van der Waals surface area contributed by atoms with Crippen LogP contribution in [0.4, 0.5) is 10.1 Å². The fraction of sp³-hybridized carbons (Fsp3) is 0.417. The van der Waals surface area contributed by atoms with Crippen molar-refractivity contribution in [1.29, 1.82) is 0 Å². The average Bonchev–Trinajstić information content (AvgIpc) is 2.78. The Morgan fingerprint density at radius 2 is 2.12 bits per heavy atom. The van der Waals surface area contributed by atoms with Gasteiger partial charge >= 0.3 is 5.97 Å². The van der Waals surface area contributed by atoms with Gasteiger partial charge < -0.3 is 9.64 Å². The van der Waals surface area contributed by atoms with Crippen molar-refractivity contribution in [3.05, 3.63) is 30.1 Å². The van der Waals surface area contributed by atoms with Crippen LogP contribution in [0.2, 0.25) is 0 Å². The minimum Gasteiger partial charge on any atom is -0.469 e. The summed E-state index contributed by atoms with van der Waals surface area (Å²) in [5.74, 6) is -0.466. The van der Waals surface area contributed by atoms with Gasteiger partial charge in [0, 0.05) is 18.8 Å². The zero-order valence-corrected chi connectivity index (χ0v) is 9.15. The Kier molecular flexibility index (Phi) is 3.08. The van der Waals surface area contributed by atoms with E-state index < -0.39 is 0 Å². The quantitative estimate of drug-likeness (QED) is 0.716. The lowest BCUT2D eigenvalue weighted by Gasteiger charge is -2.17. The molecule has 0 spiro atoms. The van der Waals surface area contributed by atoms with Gasteiger partial charge in [-0.2, -0.15) is 0 Å².